The molecule has 4 heteroatoms. The van der Waals surface area contributed by atoms with Crippen molar-refractivity contribution in [2.24, 2.45) is 0 Å². The zero-order valence-electron chi connectivity index (χ0n) is 10.6. The van der Waals surface area contributed by atoms with Crippen LogP contribution in [0.4, 0.5) is 5.69 Å². The zero-order chi connectivity index (χ0) is 13.2. The first-order chi connectivity index (χ1) is 8.57. The van der Waals surface area contributed by atoms with Gasteiger partial charge >= 0.3 is 0 Å². The standard InChI is InChI=1S/C14H16N2O2/c1-10-5-3-6-12(11(10)9-15)16-13(17)14(2)7-4-8-18-14/h3,5-6H,4,7-8H2,1-2H3,(H,16,17). The van der Waals surface area contributed by atoms with Gasteiger partial charge in [0.15, 0.2) is 0 Å². The van der Waals surface area contributed by atoms with Gasteiger partial charge in [-0.15, -0.1) is 0 Å². The maximum atomic E-state index is 12.2. The van der Waals surface area contributed by atoms with Crippen LogP contribution < -0.4 is 5.32 Å². The van der Waals surface area contributed by atoms with Gasteiger partial charge in [-0.3, -0.25) is 4.79 Å². The fourth-order valence-corrected chi connectivity index (χ4v) is 2.13. The molecule has 0 spiro atoms. The number of aryl methyl sites for hydroxylation is 1. The largest absolute Gasteiger partial charge is 0.365 e. The molecule has 1 aliphatic rings. The number of rotatable bonds is 2. The van der Waals surface area contributed by atoms with E-state index in [1.165, 1.54) is 0 Å². The second-order valence-electron chi connectivity index (χ2n) is 4.75. The smallest absolute Gasteiger partial charge is 0.256 e. The summed E-state index contributed by atoms with van der Waals surface area (Å²) < 4.78 is 5.48. The molecule has 1 aromatic carbocycles. The lowest BCUT2D eigenvalue weighted by Crippen LogP contribution is -2.39. The number of hydrogen-bond donors (Lipinski definition) is 1. The molecule has 1 saturated heterocycles. The number of nitrogens with zero attached hydrogens (tertiary/aromatic N) is 1. The Labute approximate surface area is 107 Å². The SMILES string of the molecule is Cc1cccc(NC(=O)C2(C)CCCO2)c1C#N. The van der Waals surface area contributed by atoms with E-state index in [4.69, 9.17) is 10.00 Å². The Morgan fingerprint density at radius 3 is 2.94 bits per heavy atom. The van der Waals surface area contributed by atoms with Gasteiger partial charge in [0.05, 0.1) is 11.3 Å². The Balaban J connectivity index is 2.22. The zero-order valence-corrected chi connectivity index (χ0v) is 10.6. The van der Waals surface area contributed by atoms with Crippen molar-refractivity contribution in [3.63, 3.8) is 0 Å². The van der Waals surface area contributed by atoms with E-state index in [2.05, 4.69) is 11.4 Å². The number of hydrogen-bond acceptors (Lipinski definition) is 3. The first-order valence-corrected chi connectivity index (χ1v) is 6.02. The van der Waals surface area contributed by atoms with Crippen molar-refractivity contribution in [3.05, 3.63) is 29.3 Å². The van der Waals surface area contributed by atoms with Gasteiger partial charge in [0, 0.05) is 6.61 Å². The van der Waals surface area contributed by atoms with E-state index in [9.17, 15) is 4.79 Å². The highest BCUT2D eigenvalue weighted by Gasteiger charge is 2.37. The molecule has 0 radical (unpaired) electrons. The summed E-state index contributed by atoms with van der Waals surface area (Å²) in [6, 6.07) is 7.53. The summed E-state index contributed by atoms with van der Waals surface area (Å²) in [6.07, 6.45) is 1.61. The van der Waals surface area contributed by atoms with Crippen LogP contribution >= 0.6 is 0 Å². The third kappa shape index (κ3) is 2.22. The minimum Gasteiger partial charge on any atom is -0.365 e. The molecule has 0 aromatic heterocycles. The first-order valence-electron chi connectivity index (χ1n) is 6.02. The highest BCUT2D eigenvalue weighted by Crippen LogP contribution is 2.27. The number of benzene rings is 1. The van der Waals surface area contributed by atoms with Crippen LogP contribution in [0.2, 0.25) is 0 Å². The molecule has 0 aliphatic carbocycles. The summed E-state index contributed by atoms with van der Waals surface area (Å²) in [5, 5.41) is 11.9. The number of nitriles is 1. The maximum absolute atomic E-state index is 12.2. The predicted molar refractivity (Wildman–Crippen MR) is 68.1 cm³/mol. The first kappa shape index (κ1) is 12.6. The predicted octanol–water partition coefficient (Wildman–Crippen LogP) is 2.37. The van der Waals surface area contributed by atoms with Crippen LogP contribution in [0.25, 0.3) is 0 Å². The molecular formula is C14H16N2O2. The summed E-state index contributed by atoms with van der Waals surface area (Å²) in [5.41, 5.74) is 1.15. The Hall–Kier alpha value is -1.86. The van der Waals surface area contributed by atoms with Gasteiger partial charge in [0.1, 0.15) is 11.7 Å². The molecule has 4 nitrogen and oxygen atoms in total. The summed E-state index contributed by atoms with van der Waals surface area (Å²) in [4.78, 5) is 12.2. The van der Waals surface area contributed by atoms with Gasteiger partial charge in [0.2, 0.25) is 0 Å². The molecule has 1 heterocycles. The maximum Gasteiger partial charge on any atom is 0.256 e. The number of nitrogens with one attached hydrogen (secondary N) is 1. The molecule has 1 N–H and O–H groups in total. The van der Waals surface area contributed by atoms with Crippen molar-refractivity contribution in [1.29, 1.82) is 5.26 Å². The van der Waals surface area contributed by atoms with Crippen LogP contribution in [-0.4, -0.2) is 18.1 Å². The average Bonchev–Trinajstić information content (AvgIpc) is 2.78. The fourth-order valence-electron chi connectivity index (χ4n) is 2.13. The molecule has 1 amide bonds. The minimum absolute atomic E-state index is 0.179. The van der Waals surface area contributed by atoms with Crippen molar-refractivity contribution >= 4 is 11.6 Å². The molecule has 0 saturated carbocycles. The third-order valence-corrected chi connectivity index (χ3v) is 3.33. The van der Waals surface area contributed by atoms with Crippen LogP contribution in [-0.2, 0) is 9.53 Å². The van der Waals surface area contributed by atoms with Crippen LogP contribution in [0.5, 0.6) is 0 Å². The van der Waals surface area contributed by atoms with Gasteiger partial charge in [-0.05, 0) is 38.3 Å². The summed E-state index contributed by atoms with van der Waals surface area (Å²) in [6.45, 7) is 4.25. The van der Waals surface area contributed by atoms with E-state index in [0.717, 1.165) is 12.0 Å². The minimum atomic E-state index is -0.767. The summed E-state index contributed by atoms with van der Waals surface area (Å²) >= 11 is 0. The quantitative estimate of drug-likeness (QED) is 0.868. The molecule has 0 bridgehead atoms. The third-order valence-electron chi connectivity index (χ3n) is 3.33. The summed E-state index contributed by atoms with van der Waals surface area (Å²) in [7, 11) is 0. The number of amides is 1. The molecular weight excluding hydrogens is 228 g/mol. The van der Waals surface area contributed by atoms with Gasteiger partial charge in [-0.1, -0.05) is 12.1 Å². The van der Waals surface area contributed by atoms with E-state index >= 15 is 0 Å². The Morgan fingerprint density at radius 1 is 1.56 bits per heavy atom. The second kappa shape index (κ2) is 4.79. The summed E-state index contributed by atoms with van der Waals surface area (Å²) in [5.74, 6) is -0.179. The molecule has 1 atom stereocenters. The van der Waals surface area contributed by atoms with Crippen LogP contribution in [0, 0.1) is 18.3 Å². The van der Waals surface area contributed by atoms with E-state index in [-0.39, 0.29) is 5.91 Å². The topological polar surface area (TPSA) is 62.1 Å². The Bertz CT molecular complexity index is 511. The highest BCUT2D eigenvalue weighted by molar-refractivity contribution is 5.98. The lowest BCUT2D eigenvalue weighted by molar-refractivity contribution is -0.133. The number of carbonyl (C=O) groups is 1. The van der Waals surface area contributed by atoms with Gasteiger partial charge in [0.25, 0.3) is 5.91 Å². The van der Waals surface area contributed by atoms with Crippen molar-refractivity contribution < 1.29 is 9.53 Å². The molecule has 94 valence electrons. The fraction of sp³-hybridized carbons (Fsp3) is 0.429. The number of anilines is 1. The molecule has 1 aliphatic heterocycles. The monoisotopic (exact) mass is 244 g/mol. The lowest BCUT2D eigenvalue weighted by Gasteiger charge is -2.22. The van der Waals surface area contributed by atoms with E-state index in [0.29, 0.717) is 24.3 Å². The van der Waals surface area contributed by atoms with Crippen molar-refractivity contribution in [2.45, 2.75) is 32.3 Å². The van der Waals surface area contributed by atoms with Gasteiger partial charge in [-0.2, -0.15) is 5.26 Å². The van der Waals surface area contributed by atoms with Crippen LogP contribution in [0.15, 0.2) is 18.2 Å². The molecule has 1 unspecified atom stereocenters. The number of carbonyl (C=O) groups excluding carboxylic acids is 1. The molecule has 1 fully saturated rings. The van der Waals surface area contributed by atoms with Gasteiger partial charge < -0.3 is 10.1 Å². The van der Waals surface area contributed by atoms with Crippen molar-refractivity contribution in [1.82, 2.24) is 0 Å². The molecule has 18 heavy (non-hydrogen) atoms. The average molecular weight is 244 g/mol. The lowest BCUT2D eigenvalue weighted by atomic mass is 10.0. The highest BCUT2D eigenvalue weighted by atomic mass is 16.5. The second-order valence-corrected chi connectivity index (χ2v) is 4.75. The van der Waals surface area contributed by atoms with E-state index < -0.39 is 5.60 Å². The van der Waals surface area contributed by atoms with Crippen molar-refractivity contribution in [2.75, 3.05) is 11.9 Å². The van der Waals surface area contributed by atoms with E-state index in [1.54, 1.807) is 13.0 Å². The van der Waals surface area contributed by atoms with Crippen LogP contribution in [0.1, 0.15) is 30.9 Å². The van der Waals surface area contributed by atoms with E-state index in [1.807, 2.05) is 19.1 Å². The number of ether oxygens (including phenoxy) is 1. The Kier molecular flexibility index (Phi) is 3.35. The van der Waals surface area contributed by atoms with Crippen molar-refractivity contribution in [3.8, 4) is 6.07 Å². The van der Waals surface area contributed by atoms with Crippen LogP contribution in [0.3, 0.4) is 0 Å². The Morgan fingerprint density at radius 2 is 2.33 bits per heavy atom. The molecule has 2 rings (SSSR count). The molecule has 1 aromatic rings. The normalized spacial score (nSPS) is 22.5. The van der Waals surface area contributed by atoms with Gasteiger partial charge in [-0.25, -0.2) is 0 Å².